The third kappa shape index (κ3) is 3.91. The Labute approximate surface area is 123 Å². The molecule has 2 aromatic carbocycles. The normalized spacial score (nSPS) is 11.5. The molecule has 0 aliphatic rings. The molecule has 1 N–H and O–H groups in total. The summed E-state index contributed by atoms with van der Waals surface area (Å²) in [6.45, 7) is 1.61. The summed E-state index contributed by atoms with van der Waals surface area (Å²) < 4.78 is 5.49. The fourth-order valence-electron chi connectivity index (χ4n) is 1.84. The van der Waals surface area contributed by atoms with Gasteiger partial charge in [0.2, 0.25) is 0 Å². The maximum Gasteiger partial charge on any atom is 0.159 e. The molecule has 0 fully saturated rings. The van der Waals surface area contributed by atoms with Crippen LogP contribution in [0.2, 0.25) is 0 Å². The molecule has 2 aromatic rings. The highest BCUT2D eigenvalue weighted by atomic mass is 16.5. The Hall–Kier alpha value is -2.64. The van der Waals surface area contributed by atoms with Crippen molar-refractivity contribution in [2.75, 3.05) is 6.61 Å². The first kappa shape index (κ1) is 14.8. The average molecular weight is 281 g/mol. The fraction of sp³-hybridized carbons (Fsp3) is 0.176. The molecule has 106 valence electrons. The molecule has 2 rings (SSSR count). The van der Waals surface area contributed by atoms with E-state index in [1.807, 2.05) is 6.07 Å². The van der Waals surface area contributed by atoms with E-state index in [4.69, 9.17) is 10.00 Å². The molecule has 0 aliphatic heterocycles. The Kier molecular flexibility index (Phi) is 4.70. The van der Waals surface area contributed by atoms with Crippen LogP contribution < -0.4 is 4.74 Å². The van der Waals surface area contributed by atoms with Crippen LogP contribution in [-0.4, -0.2) is 17.5 Å². The number of carbonyl (C=O) groups excluding carboxylic acids is 1. The lowest BCUT2D eigenvalue weighted by Gasteiger charge is -2.13. The average Bonchev–Trinajstić information content (AvgIpc) is 2.53. The molecule has 4 nitrogen and oxygen atoms in total. The lowest BCUT2D eigenvalue weighted by Crippen LogP contribution is -2.09. The van der Waals surface area contributed by atoms with Gasteiger partial charge in [0, 0.05) is 5.56 Å². The second-order valence-electron chi connectivity index (χ2n) is 4.64. The SMILES string of the molecule is CC(=O)c1ccc(OCC(O)c2ccc(C#N)cc2)cc1. The van der Waals surface area contributed by atoms with Crippen molar-refractivity contribution in [1.29, 1.82) is 5.26 Å². The van der Waals surface area contributed by atoms with E-state index in [9.17, 15) is 9.90 Å². The maximum absolute atomic E-state index is 11.2. The van der Waals surface area contributed by atoms with Gasteiger partial charge < -0.3 is 9.84 Å². The zero-order chi connectivity index (χ0) is 15.2. The van der Waals surface area contributed by atoms with Gasteiger partial charge in [-0.2, -0.15) is 5.26 Å². The van der Waals surface area contributed by atoms with Crippen LogP contribution >= 0.6 is 0 Å². The van der Waals surface area contributed by atoms with Gasteiger partial charge in [0.05, 0.1) is 11.6 Å². The van der Waals surface area contributed by atoms with Crippen molar-refractivity contribution in [2.45, 2.75) is 13.0 Å². The second kappa shape index (κ2) is 6.69. The van der Waals surface area contributed by atoms with Gasteiger partial charge in [-0.15, -0.1) is 0 Å². The van der Waals surface area contributed by atoms with Gasteiger partial charge in [-0.1, -0.05) is 12.1 Å². The summed E-state index contributed by atoms with van der Waals surface area (Å²) in [5.41, 5.74) is 1.86. The summed E-state index contributed by atoms with van der Waals surface area (Å²) in [5.74, 6) is 0.590. The Morgan fingerprint density at radius 2 is 1.81 bits per heavy atom. The highest BCUT2D eigenvalue weighted by Gasteiger charge is 2.09. The number of hydrogen-bond acceptors (Lipinski definition) is 4. The van der Waals surface area contributed by atoms with E-state index in [0.717, 1.165) is 0 Å². The van der Waals surface area contributed by atoms with Crippen molar-refractivity contribution in [1.82, 2.24) is 0 Å². The molecule has 0 amide bonds. The lowest BCUT2D eigenvalue weighted by molar-refractivity contribution is 0.101. The molecular weight excluding hydrogens is 266 g/mol. The molecule has 0 saturated carbocycles. The van der Waals surface area contributed by atoms with E-state index in [0.29, 0.717) is 22.4 Å². The van der Waals surface area contributed by atoms with Crippen LogP contribution in [0.5, 0.6) is 5.75 Å². The number of aliphatic hydroxyl groups excluding tert-OH is 1. The standard InChI is InChI=1S/C17H15NO3/c1-12(19)14-6-8-16(9-7-14)21-11-17(20)15-4-2-13(10-18)3-5-15/h2-9,17,20H,11H2,1H3. The smallest absolute Gasteiger partial charge is 0.159 e. The van der Waals surface area contributed by atoms with Gasteiger partial charge in [0.15, 0.2) is 5.78 Å². The molecule has 0 spiro atoms. The largest absolute Gasteiger partial charge is 0.491 e. The van der Waals surface area contributed by atoms with Crippen molar-refractivity contribution in [3.8, 4) is 11.8 Å². The number of carbonyl (C=O) groups is 1. The number of ketones is 1. The summed E-state index contributed by atoms with van der Waals surface area (Å²) in [4.78, 5) is 11.2. The zero-order valence-electron chi connectivity index (χ0n) is 11.6. The summed E-state index contributed by atoms with van der Waals surface area (Å²) in [6, 6.07) is 15.5. The number of benzene rings is 2. The molecule has 1 atom stereocenters. The van der Waals surface area contributed by atoms with Gasteiger partial charge in [0.25, 0.3) is 0 Å². The van der Waals surface area contributed by atoms with Gasteiger partial charge in [-0.3, -0.25) is 4.79 Å². The Morgan fingerprint density at radius 3 is 2.33 bits per heavy atom. The minimum atomic E-state index is -0.773. The fourth-order valence-corrected chi connectivity index (χ4v) is 1.84. The Balaban J connectivity index is 1.95. The van der Waals surface area contributed by atoms with Crippen molar-refractivity contribution in [3.63, 3.8) is 0 Å². The highest BCUT2D eigenvalue weighted by Crippen LogP contribution is 2.17. The van der Waals surface area contributed by atoms with Crippen LogP contribution in [0.4, 0.5) is 0 Å². The molecule has 0 aliphatic carbocycles. The molecule has 1 unspecified atom stereocenters. The third-order valence-corrected chi connectivity index (χ3v) is 3.09. The number of hydrogen-bond donors (Lipinski definition) is 1. The van der Waals surface area contributed by atoms with Crippen LogP contribution in [0.1, 0.15) is 34.5 Å². The van der Waals surface area contributed by atoms with Crippen LogP contribution in [0.25, 0.3) is 0 Å². The predicted octanol–water partition coefficient (Wildman–Crippen LogP) is 2.87. The lowest BCUT2D eigenvalue weighted by atomic mass is 10.1. The van der Waals surface area contributed by atoms with Crippen LogP contribution in [-0.2, 0) is 0 Å². The first-order chi connectivity index (χ1) is 10.1. The monoisotopic (exact) mass is 281 g/mol. The van der Waals surface area contributed by atoms with E-state index in [1.165, 1.54) is 6.92 Å². The van der Waals surface area contributed by atoms with Gasteiger partial charge in [-0.05, 0) is 48.9 Å². The second-order valence-corrected chi connectivity index (χ2v) is 4.64. The number of Topliss-reactive ketones (excluding diaryl/α,β-unsaturated/α-hetero) is 1. The molecule has 4 heteroatoms. The molecule has 0 bridgehead atoms. The third-order valence-electron chi connectivity index (χ3n) is 3.09. The molecule has 0 radical (unpaired) electrons. The first-order valence-electron chi connectivity index (χ1n) is 6.52. The van der Waals surface area contributed by atoms with Crippen LogP contribution in [0.3, 0.4) is 0 Å². The summed E-state index contributed by atoms with van der Waals surface area (Å²) >= 11 is 0. The van der Waals surface area contributed by atoms with Crippen molar-refractivity contribution in [3.05, 3.63) is 65.2 Å². The minimum Gasteiger partial charge on any atom is -0.491 e. The van der Waals surface area contributed by atoms with E-state index in [2.05, 4.69) is 0 Å². The summed E-state index contributed by atoms with van der Waals surface area (Å²) in [6.07, 6.45) is -0.773. The molecule has 21 heavy (non-hydrogen) atoms. The Bertz CT molecular complexity index is 654. The van der Waals surface area contributed by atoms with Gasteiger partial charge in [0.1, 0.15) is 18.5 Å². The zero-order valence-corrected chi connectivity index (χ0v) is 11.6. The summed E-state index contributed by atoms with van der Waals surface area (Å²) in [5, 5.41) is 18.7. The van der Waals surface area contributed by atoms with E-state index in [-0.39, 0.29) is 12.4 Å². The minimum absolute atomic E-state index is 0.000771. The van der Waals surface area contributed by atoms with Crippen LogP contribution in [0, 0.1) is 11.3 Å². The molecule has 0 heterocycles. The quantitative estimate of drug-likeness (QED) is 0.855. The first-order valence-corrected chi connectivity index (χ1v) is 6.52. The van der Waals surface area contributed by atoms with E-state index >= 15 is 0 Å². The summed E-state index contributed by atoms with van der Waals surface area (Å²) in [7, 11) is 0. The number of rotatable bonds is 5. The molecule has 0 aromatic heterocycles. The molecular formula is C17H15NO3. The van der Waals surface area contributed by atoms with Crippen molar-refractivity contribution >= 4 is 5.78 Å². The van der Waals surface area contributed by atoms with E-state index in [1.54, 1.807) is 48.5 Å². The number of nitriles is 1. The van der Waals surface area contributed by atoms with Gasteiger partial charge >= 0.3 is 0 Å². The van der Waals surface area contributed by atoms with Gasteiger partial charge in [-0.25, -0.2) is 0 Å². The number of aliphatic hydroxyl groups is 1. The van der Waals surface area contributed by atoms with Crippen molar-refractivity contribution in [2.24, 2.45) is 0 Å². The number of ether oxygens (including phenoxy) is 1. The topological polar surface area (TPSA) is 70.3 Å². The predicted molar refractivity (Wildman–Crippen MR) is 78.1 cm³/mol. The van der Waals surface area contributed by atoms with E-state index < -0.39 is 6.10 Å². The molecule has 0 saturated heterocycles. The van der Waals surface area contributed by atoms with Crippen molar-refractivity contribution < 1.29 is 14.6 Å². The maximum atomic E-state index is 11.2. The van der Waals surface area contributed by atoms with Crippen LogP contribution in [0.15, 0.2) is 48.5 Å². The number of nitrogens with zero attached hydrogens (tertiary/aromatic N) is 1. The highest BCUT2D eigenvalue weighted by molar-refractivity contribution is 5.94. The Morgan fingerprint density at radius 1 is 1.19 bits per heavy atom.